The lowest BCUT2D eigenvalue weighted by Gasteiger charge is -2.15. The number of alkyl carbamates (subject to hydrolysis) is 1. The van der Waals surface area contributed by atoms with Gasteiger partial charge in [-0.3, -0.25) is 0 Å². The van der Waals surface area contributed by atoms with Gasteiger partial charge in [0.1, 0.15) is 6.61 Å². The molecule has 2 N–H and O–H groups in total. The quantitative estimate of drug-likeness (QED) is 0.766. The van der Waals surface area contributed by atoms with Crippen LogP contribution in [0.15, 0.2) is 30.3 Å². The summed E-state index contributed by atoms with van der Waals surface area (Å²) in [6.07, 6.45) is -0.778. The fraction of sp³-hybridized carbons (Fsp3) is 0.467. The normalized spacial score (nSPS) is 12.0. The Hall–Kier alpha value is -2.08. The van der Waals surface area contributed by atoms with E-state index in [1.54, 1.807) is 0 Å². The van der Waals surface area contributed by atoms with E-state index in [4.69, 9.17) is 14.6 Å². The van der Waals surface area contributed by atoms with Crippen molar-refractivity contribution in [2.75, 3.05) is 13.2 Å². The maximum Gasteiger partial charge on any atom is 0.408 e. The van der Waals surface area contributed by atoms with Gasteiger partial charge in [0.15, 0.2) is 6.04 Å². The fourth-order valence-electron chi connectivity index (χ4n) is 1.50. The Kier molecular flexibility index (Phi) is 7.25. The third-order valence-corrected chi connectivity index (χ3v) is 2.54. The lowest BCUT2D eigenvalue weighted by molar-refractivity contribution is -0.141. The summed E-state index contributed by atoms with van der Waals surface area (Å²) in [7, 11) is 0. The van der Waals surface area contributed by atoms with Crippen LogP contribution in [0.2, 0.25) is 0 Å². The molecule has 1 aromatic rings. The molecule has 1 rings (SSSR count). The molecule has 0 aliphatic heterocycles. The van der Waals surface area contributed by atoms with Gasteiger partial charge < -0.3 is 19.9 Å². The smallest absolute Gasteiger partial charge is 0.408 e. The largest absolute Gasteiger partial charge is 0.480 e. The van der Waals surface area contributed by atoms with Gasteiger partial charge in [-0.25, -0.2) is 9.59 Å². The zero-order valence-electron chi connectivity index (χ0n) is 12.2. The number of carboxylic acid groups (broad SMARTS) is 1. The summed E-state index contributed by atoms with van der Waals surface area (Å²) in [5, 5.41) is 11.3. The van der Waals surface area contributed by atoms with E-state index < -0.39 is 18.1 Å². The van der Waals surface area contributed by atoms with Gasteiger partial charge in [-0.05, 0) is 11.5 Å². The Morgan fingerprint density at radius 3 is 2.43 bits per heavy atom. The van der Waals surface area contributed by atoms with Crippen LogP contribution in [0.5, 0.6) is 0 Å². The molecule has 0 heterocycles. The van der Waals surface area contributed by atoms with Gasteiger partial charge in [-0.15, -0.1) is 0 Å². The number of rotatable bonds is 8. The van der Waals surface area contributed by atoms with Crippen molar-refractivity contribution in [1.29, 1.82) is 0 Å². The minimum absolute atomic E-state index is 0.0892. The molecule has 0 saturated heterocycles. The molecule has 0 aliphatic rings. The van der Waals surface area contributed by atoms with E-state index in [1.165, 1.54) is 0 Å². The predicted octanol–water partition coefficient (Wildman–Crippen LogP) is 2.04. The first-order valence-electron chi connectivity index (χ1n) is 6.76. The number of amides is 1. The Morgan fingerprint density at radius 2 is 1.86 bits per heavy atom. The average molecular weight is 295 g/mol. The molecule has 0 fully saturated rings. The van der Waals surface area contributed by atoms with E-state index in [0.717, 1.165) is 5.56 Å². The molecule has 0 unspecified atom stereocenters. The molecule has 0 bridgehead atoms. The first-order chi connectivity index (χ1) is 9.99. The number of hydrogen-bond donors (Lipinski definition) is 2. The molecule has 0 aliphatic carbocycles. The zero-order valence-corrected chi connectivity index (χ0v) is 12.2. The van der Waals surface area contributed by atoms with Gasteiger partial charge in [-0.2, -0.15) is 0 Å². The highest BCUT2D eigenvalue weighted by Crippen LogP contribution is 2.01. The molecule has 6 nitrogen and oxygen atoms in total. The highest BCUT2D eigenvalue weighted by Gasteiger charge is 2.21. The molecular formula is C15H21NO5. The Labute approximate surface area is 124 Å². The maximum atomic E-state index is 11.6. The number of aliphatic carboxylic acids is 1. The molecule has 1 amide bonds. The molecule has 1 aromatic carbocycles. The van der Waals surface area contributed by atoms with Crippen molar-refractivity contribution in [1.82, 2.24) is 5.32 Å². The highest BCUT2D eigenvalue weighted by atomic mass is 16.5. The molecule has 0 spiro atoms. The fourth-order valence-corrected chi connectivity index (χ4v) is 1.50. The van der Waals surface area contributed by atoms with Crippen LogP contribution >= 0.6 is 0 Å². The molecule has 0 aromatic heterocycles. The van der Waals surface area contributed by atoms with Crippen molar-refractivity contribution in [3.8, 4) is 0 Å². The number of ether oxygens (including phenoxy) is 2. The summed E-state index contributed by atoms with van der Waals surface area (Å²) >= 11 is 0. The van der Waals surface area contributed by atoms with E-state index in [2.05, 4.69) is 5.32 Å². The van der Waals surface area contributed by atoms with Crippen molar-refractivity contribution in [2.24, 2.45) is 5.92 Å². The number of hydrogen-bond acceptors (Lipinski definition) is 4. The average Bonchev–Trinajstić information content (AvgIpc) is 2.44. The van der Waals surface area contributed by atoms with Crippen LogP contribution < -0.4 is 5.32 Å². The second kappa shape index (κ2) is 8.97. The summed E-state index contributed by atoms with van der Waals surface area (Å²) in [5.74, 6) is -0.861. The van der Waals surface area contributed by atoms with Crippen molar-refractivity contribution < 1.29 is 24.2 Å². The van der Waals surface area contributed by atoms with Crippen LogP contribution in [0.25, 0.3) is 0 Å². The summed E-state index contributed by atoms with van der Waals surface area (Å²) < 4.78 is 10.2. The van der Waals surface area contributed by atoms with Crippen LogP contribution in [0.1, 0.15) is 19.4 Å². The van der Waals surface area contributed by atoms with Crippen LogP contribution in [-0.2, 0) is 20.9 Å². The number of benzene rings is 1. The molecule has 0 radical (unpaired) electrons. The molecular weight excluding hydrogens is 274 g/mol. The Bertz CT molecular complexity index is 447. The summed E-state index contributed by atoms with van der Waals surface area (Å²) in [5.41, 5.74) is 0.829. The van der Waals surface area contributed by atoms with Gasteiger partial charge >= 0.3 is 12.1 Å². The topological polar surface area (TPSA) is 84.9 Å². The number of carboxylic acids is 1. The third kappa shape index (κ3) is 7.31. The van der Waals surface area contributed by atoms with Gasteiger partial charge in [0.05, 0.1) is 6.61 Å². The van der Waals surface area contributed by atoms with Crippen molar-refractivity contribution in [2.45, 2.75) is 26.5 Å². The second-order valence-corrected chi connectivity index (χ2v) is 5.03. The Morgan fingerprint density at radius 1 is 1.19 bits per heavy atom. The van der Waals surface area contributed by atoms with E-state index in [9.17, 15) is 9.59 Å². The van der Waals surface area contributed by atoms with Crippen LogP contribution in [0, 0.1) is 5.92 Å². The number of carbonyl (C=O) groups excluding carboxylic acids is 1. The molecule has 21 heavy (non-hydrogen) atoms. The van der Waals surface area contributed by atoms with E-state index in [1.807, 2.05) is 44.2 Å². The highest BCUT2D eigenvalue weighted by molar-refractivity contribution is 5.79. The minimum Gasteiger partial charge on any atom is -0.480 e. The van der Waals surface area contributed by atoms with Crippen LogP contribution in [0.4, 0.5) is 4.79 Å². The van der Waals surface area contributed by atoms with Crippen LogP contribution in [-0.4, -0.2) is 36.4 Å². The second-order valence-electron chi connectivity index (χ2n) is 5.03. The summed E-state index contributed by atoms with van der Waals surface area (Å²) in [4.78, 5) is 22.6. The number of carbonyl (C=O) groups is 2. The molecule has 116 valence electrons. The van der Waals surface area contributed by atoms with Crippen molar-refractivity contribution in [3.05, 3.63) is 35.9 Å². The maximum absolute atomic E-state index is 11.6. The van der Waals surface area contributed by atoms with E-state index in [0.29, 0.717) is 12.5 Å². The third-order valence-electron chi connectivity index (χ3n) is 2.54. The SMILES string of the molecule is CC(C)COC[C@H](NC(=O)OCc1ccccc1)C(=O)O. The lowest BCUT2D eigenvalue weighted by Crippen LogP contribution is -2.44. The monoisotopic (exact) mass is 295 g/mol. The standard InChI is InChI=1S/C15H21NO5/c1-11(2)8-20-10-13(14(17)18)16-15(19)21-9-12-6-4-3-5-7-12/h3-7,11,13H,8-10H2,1-2H3,(H,16,19)(H,17,18)/t13-/m0/s1. The Balaban J connectivity index is 2.36. The first kappa shape index (κ1) is 17.0. The minimum atomic E-state index is -1.16. The molecule has 1 atom stereocenters. The van der Waals surface area contributed by atoms with Crippen molar-refractivity contribution >= 4 is 12.1 Å². The van der Waals surface area contributed by atoms with Gasteiger partial charge in [0, 0.05) is 6.61 Å². The summed E-state index contributed by atoms with van der Waals surface area (Å²) in [6, 6.07) is 8.02. The first-order valence-corrected chi connectivity index (χ1v) is 6.76. The van der Waals surface area contributed by atoms with E-state index in [-0.39, 0.29) is 13.2 Å². The number of nitrogens with one attached hydrogen (secondary N) is 1. The molecule has 6 heteroatoms. The van der Waals surface area contributed by atoms with E-state index >= 15 is 0 Å². The lowest BCUT2D eigenvalue weighted by atomic mass is 10.2. The zero-order chi connectivity index (χ0) is 15.7. The van der Waals surface area contributed by atoms with Gasteiger partial charge in [0.2, 0.25) is 0 Å². The van der Waals surface area contributed by atoms with Crippen molar-refractivity contribution in [3.63, 3.8) is 0 Å². The van der Waals surface area contributed by atoms with Gasteiger partial charge in [0.25, 0.3) is 0 Å². The van der Waals surface area contributed by atoms with Gasteiger partial charge in [-0.1, -0.05) is 44.2 Å². The van der Waals surface area contributed by atoms with Crippen LogP contribution in [0.3, 0.4) is 0 Å². The summed E-state index contributed by atoms with van der Waals surface area (Å²) in [6.45, 7) is 4.35. The molecule has 0 saturated carbocycles. The predicted molar refractivity (Wildman–Crippen MR) is 76.8 cm³/mol.